The average molecular weight is 397 g/mol. The number of amides is 1. The number of carbonyl (C=O) groups excluding carboxylic acids is 1. The molecule has 0 saturated heterocycles. The zero-order valence-corrected chi connectivity index (χ0v) is 15.7. The van der Waals surface area contributed by atoms with Crippen LogP contribution in [0.4, 0.5) is 0 Å². The van der Waals surface area contributed by atoms with Crippen LogP contribution in [0.3, 0.4) is 0 Å². The quantitative estimate of drug-likeness (QED) is 0.703. The highest BCUT2D eigenvalue weighted by Gasteiger charge is 2.53. The number of ether oxygens (including phenoxy) is 2. The van der Waals surface area contributed by atoms with Crippen molar-refractivity contribution < 1.29 is 18.8 Å². The Kier molecular flexibility index (Phi) is 4.02. The Labute approximate surface area is 166 Å². The predicted molar refractivity (Wildman–Crippen MR) is 102 cm³/mol. The number of fused-ring (bicyclic) bond motifs is 1. The van der Waals surface area contributed by atoms with Gasteiger partial charge in [-0.05, 0) is 54.8 Å². The molecular formula is C21H17ClN2O4. The molecule has 142 valence electrons. The summed E-state index contributed by atoms with van der Waals surface area (Å²) in [6.07, 6.45) is 1.51. The molecule has 0 radical (unpaired) electrons. The van der Waals surface area contributed by atoms with Gasteiger partial charge in [0.25, 0.3) is 0 Å². The number of carbonyl (C=O) groups is 1. The molecule has 1 aliphatic heterocycles. The van der Waals surface area contributed by atoms with E-state index in [1.165, 1.54) is 0 Å². The number of nitrogens with zero attached hydrogens (tertiary/aromatic N) is 1. The third-order valence-corrected chi connectivity index (χ3v) is 5.46. The van der Waals surface area contributed by atoms with Crippen molar-refractivity contribution in [2.24, 2.45) is 0 Å². The van der Waals surface area contributed by atoms with Gasteiger partial charge in [0.05, 0.1) is 11.1 Å². The Morgan fingerprint density at radius 1 is 1.07 bits per heavy atom. The molecule has 7 heteroatoms. The Balaban J connectivity index is 1.29. The van der Waals surface area contributed by atoms with Crippen molar-refractivity contribution in [1.82, 2.24) is 10.5 Å². The number of halogens is 1. The molecule has 2 heterocycles. The first-order valence-corrected chi connectivity index (χ1v) is 9.42. The van der Waals surface area contributed by atoms with Crippen LogP contribution >= 0.6 is 11.6 Å². The van der Waals surface area contributed by atoms with Gasteiger partial charge in [-0.15, -0.1) is 0 Å². The number of nitrogens with one attached hydrogen (secondary N) is 1. The zero-order chi connectivity index (χ0) is 19.1. The summed E-state index contributed by atoms with van der Waals surface area (Å²) in [6, 6.07) is 14.8. The van der Waals surface area contributed by atoms with Gasteiger partial charge in [-0.2, -0.15) is 0 Å². The van der Waals surface area contributed by atoms with Gasteiger partial charge in [0, 0.05) is 23.2 Å². The van der Waals surface area contributed by atoms with Crippen LogP contribution in [0, 0.1) is 0 Å². The SMILES string of the molecule is O=C(NCc1ccc2c(c1)OCO2)C1(c2cc(-c3ccc(Cl)cc3)on2)CC1. The van der Waals surface area contributed by atoms with Crippen LogP contribution in [0.15, 0.2) is 53.1 Å². The molecule has 2 aliphatic rings. The highest BCUT2D eigenvalue weighted by molar-refractivity contribution is 6.30. The molecule has 1 saturated carbocycles. The van der Waals surface area contributed by atoms with Gasteiger partial charge in [-0.3, -0.25) is 4.79 Å². The number of hydrogen-bond acceptors (Lipinski definition) is 5. The van der Waals surface area contributed by atoms with E-state index < -0.39 is 5.41 Å². The molecule has 1 fully saturated rings. The summed E-state index contributed by atoms with van der Waals surface area (Å²) in [5.74, 6) is 2.02. The van der Waals surface area contributed by atoms with Crippen molar-refractivity contribution in [2.45, 2.75) is 24.8 Å². The second kappa shape index (κ2) is 6.56. The molecule has 1 amide bonds. The maximum atomic E-state index is 12.9. The second-order valence-electron chi connectivity index (χ2n) is 7.04. The lowest BCUT2D eigenvalue weighted by molar-refractivity contribution is -0.123. The van der Waals surface area contributed by atoms with Crippen molar-refractivity contribution in [3.8, 4) is 22.8 Å². The lowest BCUT2D eigenvalue weighted by Crippen LogP contribution is -2.34. The number of benzene rings is 2. The second-order valence-corrected chi connectivity index (χ2v) is 7.47. The van der Waals surface area contributed by atoms with E-state index >= 15 is 0 Å². The summed E-state index contributed by atoms with van der Waals surface area (Å²) < 4.78 is 16.2. The number of aromatic nitrogens is 1. The highest BCUT2D eigenvalue weighted by atomic mass is 35.5. The van der Waals surface area contributed by atoms with E-state index in [-0.39, 0.29) is 12.7 Å². The minimum atomic E-state index is -0.607. The van der Waals surface area contributed by atoms with Gasteiger partial charge in [-0.25, -0.2) is 0 Å². The van der Waals surface area contributed by atoms with Gasteiger partial charge >= 0.3 is 0 Å². The lowest BCUT2D eigenvalue weighted by atomic mass is 10.00. The summed E-state index contributed by atoms with van der Waals surface area (Å²) in [4.78, 5) is 12.9. The van der Waals surface area contributed by atoms with Crippen LogP contribution in [0.2, 0.25) is 5.02 Å². The topological polar surface area (TPSA) is 73.6 Å². The molecule has 5 rings (SSSR count). The molecular weight excluding hydrogens is 380 g/mol. The summed E-state index contributed by atoms with van der Waals surface area (Å²) in [5.41, 5.74) is 1.89. The van der Waals surface area contributed by atoms with Crippen molar-refractivity contribution in [2.75, 3.05) is 6.79 Å². The molecule has 28 heavy (non-hydrogen) atoms. The summed E-state index contributed by atoms with van der Waals surface area (Å²) in [5, 5.41) is 7.84. The third-order valence-electron chi connectivity index (χ3n) is 5.20. The normalized spacial score (nSPS) is 16.0. The van der Waals surface area contributed by atoms with Crippen LogP contribution in [0.1, 0.15) is 24.1 Å². The van der Waals surface area contributed by atoms with Crippen LogP contribution in [0.25, 0.3) is 11.3 Å². The van der Waals surface area contributed by atoms with E-state index in [1.54, 1.807) is 12.1 Å². The largest absolute Gasteiger partial charge is 0.454 e. The Hall–Kier alpha value is -2.99. The smallest absolute Gasteiger partial charge is 0.232 e. The molecule has 3 aromatic rings. The fourth-order valence-electron chi connectivity index (χ4n) is 3.38. The number of hydrogen-bond donors (Lipinski definition) is 1. The zero-order valence-electron chi connectivity index (χ0n) is 14.9. The van der Waals surface area contributed by atoms with Gasteiger partial charge < -0.3 is 19.3 Å². The third kappa shape index (κ3) is 2.99. The summed E-state index contributed by atoms with van der Waals surface area (Å²) >= 11 is 5.93. The fraction of sp³-hybridized carbons (Fsp3) is 0.238. The molecule has 1 aliphatic carbocycles. The number of rotatable bonds is 5. The molecule has 0 spiro atoms. The molecule has 0 bridgehead atoms. The molecule has 0 unspecified atom stereocenters. The van der Waals surface area contributed by atoms with Crippen LogP contribution < -0.4 is 14.8 Å². The predicted octanol–water partition coefficient (Wildman–Crippen LogP) is 4.07. The van der Waals surface area contributed by atoms with Crippen molar-refractivity contribution in [3.05, 3.63) is 64.8 Å². The standard InChI is InChI=1S/C21H17ClN2O4/c22-15-4-2-14(3-5-15)17-10-19(24-28-17)21(7-8-21)20(25)23-11-13-1-6-16-18(9-13)27-12-26-16/h1-6,9-10H,7-8,11-12H2,(H,23,25). The first-order chi connectivity index (χ1) is 13.6. The van der Waals surface area contributed by atoms with Crippen molar-refractivity contribution >= 4 is 17.5 Å². The Morgan fingerprint density at radius 3 is 2.64 bits per heavy atom. The van der Waals surface area contributed by atoms with Gasteiger partial charge in [0.15, 0.2) is 17.3 Å². The van der Waals surface area contributed by atoms with E-state index in [1.807, 2.05) is 36.4 Å². The van der Waals surface area contributed by atoms with Crippen LogP contribution in [0.5, 0.6) is 11.5 Å². The highest BCUT2D eigenvalue weighted by Crippen LogP contribution is 2.48. The van der Waals surface area contributed by atoms with E-state index in [4.69, 9.17) is 25.6 Å². The molecule has 6 nitrogen and oxygen atoms in total. The maximum Gasteiger partial charge on any atom is 0.232 e. The fourth-order valence-corrected chi connectivity index (χ4v) is 3.50. The Bertz CT molecular complexity index is 1040. The van der Waals surface area contributed by atoms with Crippen LogP contribution in [-0.4, -0.2) is 17.9 Å². The molecule has 0 atom stereocenters. The van der Waals surface area contributed by atoms with Gasteiger partial charge in [0.2, 0.25) is 12.7 Å². The molecule has 2 aromatic carbocycles. The minimum Gasteiger partial charge on any atom is -0.454 e. The van der Waals surface area contributed by atoms with Gasteiger partial charge in [-0.1, -0.05) is 22.8 Å². The minimum absolute atomic E-state index is 0.0406. The monoisotopic (exact) mass is 396 g/mol. The van der Waals surface area contributed by atoms with Crippen LogP contribution in [-0.2, 0) is 16.8 Å². The van der Waals surface area contributed by atoms with E-state index in [2.05, 4.69) is 10.5 Å². The maximum absolute atomic E-state index is 12.9. The van der Waals surface area contributed by atoms with E-state index in [0.717, 1.165) is 29.7 Å². The van der Waals surface area contributed by atoms with Crippen molar-refractivity contribution in [3.63, 3.8) is 0 Å². The Morgan fingerprint density at radius 2 is 1.86 bits per heavy atom. The van der Waals surface area contributed by atoms with Crippen molar-refractivity contribution in [1.29, 1.82) is 0 Å². The molecule has 1 aromatic heterocycles. The van der Waals surface area contributed by atoms with E-state index in [0.29, 0.717) is 28.8 Å². The average Bonchev–Trinajstić information content (AvgIpc) is 3.14. The first kappa shape index (κ1) is 17.1. The van der Waals surface area contributed by atoms with E-state index in [9.17, 15) is 4.79 Å². The first-order valence-electron chi connectivity index (χ1n) is 9.04. The molecule has 1 N–H and O–H groups in total. The van der Waals surface area contributed by atoms with Gasteiger partial charge in [0.1, 0.15) is 0 Å². The summed E-state index contributed by atoms with van der Waals surface area (Å²) in [6.45, 7) is 0.648. The summed E-state index contributed by atoms with van der Waals surface area (Å²) in [7, 11) is 0. The lowest BCUT2D eigenvalue weighted by Gasteiger charge is -2.12.